The molecule has 0 N–H and O–H groups in total. The van der Waals surface area contributed by atoms with Gasteiger partial charge < -0.3 is 4.74 Å². The molecule has 0 heterocycles. The minimum atomic E-state index is 0.910. The average Bonchev–Trinajstić information content (AvgIpc) is 2.28. The molecule has 0 aliphatic rings. The molecule has 0 spiro atoms. The zero-order valence-electron chi connectivity index (χ0n) is 9.70. The van der Waals surface area contributed by atoms with E-state index in [1.54, 1.807) is 6.26 Å². The molecule has 0 aliphatic carbocycles. The van der Waals surface area contributed by atoms with E-state index in [4.69, 9.17) is 4.74 Å². The summed E-state index contributed by atoms with van der Waals surface area (Å²) >= 11 is 0. The number of benzene rings is 1. The third kappa shape index (κ3) is 4.68. The van der Waals surface area contributed by atoms with Gasteiger partial charge in [0.25, 0.3) is 0 Å². The molecule has 0 saturated carbocycles. The zero-order valence-corrected chi connectivity index (χ0v) is 9.70. The van der Waals surface area contributed by atoms with Gasteiger partial charge in [0, 0.05) is 0 Å². The Hall–Kier alpha value is -1.24. The van der Waals surface area contributed by atoms with Gasteiger partial charge in [0.2, 0.25) is 0 Å². The van der Waals surface area contributed by atoms with Crippen molar-refractivity contribution in [3.05, 3.63) is 42.2 Å². The Morgan fingerprint density at radius 3 is 2.47 bits per heavy atom. The van der Waals surface area contributed by atoms with E-state index in [1.807, 2.05) is 25.1 Å². The SMILES string of the molecule is C/C=C\Oc1ccc(CCCCC)cc1. The van der Waals surface area contributed by atoms with E-state index in [9.17, 15) is 0 Å². The summed E-state index contributed by atoms with van der Waals surface area (Å²) < 4.78 is 5.36. The summed E-state index contributed by atoms with van der Waals surface area (Å²) in [6.07, 6.45) is 8.64. The van der Waals surface area contributed by atoms with Gasteiger partial charge in [0.1, 0.15) is 5.75 Å². The van der Waals surface area contributed by atoms with E-state index in [0.717, 1.165) is 5.75 Å². The molecule has 0 atom stereocenters. The fraction of sp³-hybridized carbons (Fsp3) is 0.429. The molecule has 0 unspecified atom stereocenters. The monoisotopic (exact) mass is 204 g/mol. The second kappa shape index (κ2) is 7.10. The Labute approximate surface area is 92.8 Å². The molecule has 0 aliphatic heterocycles. The van der Waals surface area contributed by atoms with E-state index in [1.165, 1.54) is 31.2 Å². The first-order valence-electron chi connectivity index (χ1n) is 5.73. The van der Waals surface area contributed by atoms with Gasteiger partial charge in [-0.25, -0.2) is 0 Å². The van der Waals surface area contributed by atoms with Gasteiger partial charge in [-0.05, 0) is 37.5 Å². The first-order valence-corrected chi connectivity index (χ1v) is 5.73. The third-order valence-electron chi connectivity index (χ3n) is 2.33. The van der Waals surface area contributed by atoms with Crippen molar-refractivity contribution in [2.45, 2.75) is 39.5 Å². The number of hydrogen-bond acceptors (Lipinski definition) is 1. The van der Waals surface area contributed by atoms with Gasteiger partial charge in [-0.2, -0.15) is 0 Å². The maximum absolute atomic E-state index is 5.36. The van der Waals surface area contributed by atoms with Crippen molar-refractivity contribution in [2.75, 3.05) is 0 Å². The van der Waals surface area contributed by atoms with Crippen LogP contribution in [0.1, 0.15) is 38.7 Å². The fourth-order valence-corrected chi connectivity index (χ4v) is 1.46. The highest BCUT2D eigenvalue weighted by Crippen LogP contribution is 2.14. The van der Waals surface area contributed by atoms with Gasteiger partial charge in [0.05, 0.1) is 6.26 Å². The Morgan fingerprint density at radius 2 is 1.87 bits per heavy atom. The molecule has 0 aromatic heterocycles. The second-order valence-electron chi connectivity index (χ2n) is 3.69. The standard InChI is InChI=1S/C14H20O/c1-3-5-6-7-13-8-10-14(11-9-13)15-12-4-2/h4,8-12H,3,5-7H2,1-2H3/b12-4-. The van der Waals surface area contributed by atoms with E-state index in [-0.39, 0.29) is 0 Å². The number of aryl methyl sites for hydroxylation is 1. The van der Waals surface area contributed by atoms with Gasteiger partial charge in [-0.1, -0.05) is 38.0 Å². The van der Waals surface area contributed by atoms with E-state index >= 15 is 0 Å². The lowest BCUT2D eigenvalue weighted by Gasteiger charge is -2.03. The van der Waals surface area contributed by atoms with Crippen LogP contribution in [-0.4, -0.2) is 0 Å². The second-order valence-corrected chi connectivity index (χ2v) is 3.69. The summed E-state index contributed by atoms with van der Waals surface area (Å²) in [5.41, 5.74) is 1.40. The summed E-state index contributed by atoms with van der Waals surface area (Å²) in [4.78, 5) is 0. The lowest BCUT2D eigenvalue weighted by molar-refractivity contribution is 0.480. The normalized spacial score (nSPS) is 10.8. The molecule has 1 aromatic rings. The smallest absolute Gasteiger partial charge is 0.126 e. The highest BCUT2D eigenvalue weighted by molar-refractivity contribution is 5.27. The number of ether oxygens (including phenoxy) is 1. The van der Waals surface area contributed by atoms with Gasteiger partial charge >= 0.3 is 0 Å². The van der Waals surface area contributed by atoms with Crippen LogP contribution in [0.2, 0.25) is 0 Å². The minimum Gasteiger partial charge on any atom is -0.465 e. The Morgan fingerprint density at radius 1 is 1.13 bits per heavy atom. The van der Waals surface area contributed by atoms with Crippen molar-refractivity contribution in [3.8, 4) is 5.75 Å². The molecule has 1 aromatic carbocycles. The molecule has 1 heteroatoms. The number of rotatable bonds is 6. The van der Waals surface area contributed by atoms with Crippen molar-refractivity contribution >= 4 is 0 Å². The van der Waals surface area contributed by atoms with Crippen LogP contribution in [0.15, 0.2) is 36.6 Å². The topological polar surface area (TPSA) is 9.23 Å². The highest BCUT2D eigenvalue weighted by atomic mass is 16.5. The number of allylic oxidation sites excluding steroid dienone is 1. The fourth-order valence-electron chi connectivity index (χ4n) is 1.46. The van der Waals surface area contributed by atoms with Crippen LogP contribution in [-0.2, 0) is 6.42 Å². The van der Waals surface area contributed by atoms with Crippen LogP contribution in [0.25, 0.3) is 0 Å². The molecule has 0 bridgehead atoms. The van der Waals surface area contributed by atoms with Crippen LogP contribution < -0.4 is 4.74 Å². The lowest BCUT2D eigenvalue weighted by atomic mass is 10.1. The van der Waals surface area contributed by atoms with Crippen molar-refractivity contribution < 1.29 is 4.74 Å². The predicted molar refractivity (Wildman–Crippen MR) is 65.1 cm³/mol. The molecule has 0 fully saturated rings. The van der Waals surface area contributed by atoms with Gasteiger partial charge in [-0.3, -0.25) is 0 Å². The molecule has 0 saturated heterocycles. The highest BCUT2D eigenvalue weighted by Gasteiger charge is 1.94. The van der Waals surface area contributed by atoms with Crippen LogP contribution in [0, 0.1) is 0 Å². The summed E-state index contributed by atoms with van der Waals surface area (Å²) in [6, 6.07) is 8.35. The van der Waals surface area contributed by atoms with Crippen molar-refractivity contribution in [1.82, 2.24) is 0 Å². The summed E-state index contributed by atoms with van der Waals surface area (Å²) in [7, 11) is 0. The van der Waals surface area contributed by atoms with Gasteiger partial charge in [-0.15, -0.1) is 0 Å². The van der Waals surface area contributed by atoms with E-state index in [2.05, 4.69) is 19.1 Å². The minimum absolute atomic E-state index is 0.910. The van der Waals surface area contributed by atoms with Crippen molar-refractivity contribution in [1.29, 1.82) is 0 Å². The van der Waals surface area contributed by atoms with Crippen LogP contribution in [0.5, 0.6) is 5.75 Å². The Kier molecular flexibility index (Phi) is 5.60. The molecular weight excluding hydrogens is 184 g/mol. The van der Waals surface area contributed by atoms with Crippen LogP contribution in [0.4, 0.5) is 0 Å². The van der Waals surface area contributed by atoms with E-state index < -0.39 is 0 Å². The number of hydrogen-bond donors (Lipinski definition) is 0. The van der Waals surface area contributed by atoms with Crippen molar-refractivity contribution in [2.24, 2.45) is 0 Å². The molecule has 15 heavy (non-hydrogen) atoms. The predicted octanol–water partition coefficient (Wildman–Crippen LogP) is 4.33. The largest absolute Gasteiger partial charge is 0.465 e. The summed E-state index contributed by atoms with van der Waals surface area (Å²) in [5.74, 6) is 0.910. The quantitative estimate of drug-likeness (QED) is 0.495. The van der Waals surface area contributed by atoms with Gasteiger partial charge in [0.15, 0.2) is 0 Å². The molecule has 0 radical (unpaired) electrons. The van der Waals surface area contributed by atoms with Crippen LogP contribution >= 0.6 is 0 Å². The summed E-state index contributed by atoms with van der Waals surface area (Å²) in [6.45, 7) is 4.17. The Balaban J connectivity index is 2.41. The molecule has 0 amide bonds. The Bertz CT molecular complexity index is 285. The first kappa shape index (κ1) is 11.8. The van der Waals surface area contributed by atoms with Crippen molar-refractivity contribution in [3.63, 3.8) is 0 Å². The molecule has 1 rings (SSSR count). The first-order chi connectivity index (χ1) is 7.36. The number of unbranched alkanes of at least 4 members (excludes halogenated alkanes) is 2. The average molecular weight is 204 g/mol. The summed E-state index contributed by atoms with van der Waals surface area (Å²) in [5, 5.41) is 0. The maximum atomic E-state index is 5.36. The molecule has 1 nitrogen and oxygen atoms in total. The van der Waals surface area contributed by atoms with E-state index in [0.29, 0.717) is 0 Å². The van der Waals surface area contributed by atoms with Crippen LogP contribution in [0.3, 0.4) is 0 Å². The third-order valence-corrected chi connectivity index (χ3v) is 2.33. The molecular formula is C14H20O. The lowest BCUT2D eigenvalue weighted by Crippen LogP contribution is -1.86. The maximum Gasteiger partial charge on any atom is 0.126 e. The zero-order chi connectivity index (χ0) is 10.9. The molecule has 82 valence electrons.